The first-order chi connectivity index (χ1) is 9.74. The fourth-order valence-corrected chi connectivity index (χ4v) is 3.49. The molecular weight excluding hydrogens is 269 g/mol. The zero-order valence-electron chi connectivity index (χ0n) is 12.2. The van der Waals surface area contributed by atoms with Gasteiger partial charge in [-0.15, -0.1) is 11.3 Å². The van der Waals surface area contributed by atoms with Gasteiger partial charge in [0.05, 0.1) is 0 Å². The van der Waals surface area contributed by atoms with Gasteiger partial charge in [0.2, 0.25) is 0 Å². The Kier molecular flexibility index (Phi) is 5.74. The lowest BCUT2D eigenvalue weighted by Crippen LogP contribution is -2.24. The summed E-state index contributed by atoms with van der Waals surface area (Å²) in [6.07, 6.45) is 2.99. The zero-order valence-corrected chi connectivity index (χ0v) is 13.0. The number of thiophene rings is 1. The number of halogens is 1. The number of benzene rings is 1. The third-order valence-electron chi connectivity index (χ3n) is 3.45. The molecule has 0 aliphatic rings. The topological polar surface area (TPSA) is 12.0 Å². The Balaban J connectivity index is 2.19. The van der Waals surface area contributed by atoms with Crippen molar-refractivity contribution in [1.29, 1.82) is 0 Å². The average molecular weight is 291 g/mol. The van der Waals surface area contributed by atoms with E-state index >= 15 is 0 Å². The highest BCUT2D eigenvalue weighted by atomic mass is 32.1. The molecule has 1 N–H and O–H groups in total. The van der Waals surface area contributed by atoms with Crippen molar-refractivity contribution in [2.45, 2.75) is 39.2 Å². The molecule has 1 atom stereocenters. The molecule has 0 saturated heterocycles. The molecule has 2 aromatic rings. The lowest BCUT2D eigenvalue weighted by Gasteiger charge is -2.19. The van der Waals surface area contributed by atoms with E-state index in [0.717, 1.165) is 31.4 Å². The zero-order chi connectivity index (χ0) is 14.4. The van der Waals surface area contributed by atoms with Crippen LogP contribution in [0.25, 0.3) is 0 Å². The van der Waals surface area contributed by atoms with Gasteiger partial charge in [0.15, 0.2) is 0 Å². The SMILES string of the molecule is CCCNC(Cc1cccc(F)c1)c1sccc1CC. The second-order valence-corrected chi connectivity index (χ2v) is 5.95. The molecule has 1 heterocycles. The summed E-state index contributed by atoms with van der Waals surface area (Å²) in [6.45, 7) is 5.34. The maximum atomic E-state index is 13.3. The lowest BCUT2D eigenvalue weighted by molar-refractivity contribution is 0.531. The van der Waals surface area contributed by atoms with Crippen molar-refractivity contribution >= 4 is 11.3 Å². The van der Waals surface area contributed by atoms with Crippen molar-refractivity contribution in [1.82, 2.24) is 5.32 Å². The van der Waals surface area contributed by atoms with Gasteiger partial charge in [0, 0.05) is 10.9 Å². The minimum atomic E-state index is -0.154. The number of rotatable bonds is 7. The summed E-state index contributed by atoms with van der Waals surface area (Å²) in [6, 6.07) is 9.42. The van der Waals surface area contributed by atoms with Gasteiger partial charge in [-0.3, -0.25) is 0 Å². The highest BCUT2D eigenvalue weighted by Gasteiger charge is 2.16. The third kappa shape index (κ3) is 3.90. The van der Waals surface area contributed by atoms with Crippen molar-refractivity contribution in [3.05, 3.63) is 57.5 Å². The molecule has 1 nitrogen and oxygen atoms in total. The largest absolute Gasteiger partial charge is 0.309 e. The van der Waals surface area contributed by atoms with E-state index < -0.39 is 0 Å². The van der Waals surface area contributed by atoms with Gasteiger partial charge in [-0.2, -0.15) is 0 Å². The number of aryl methyl sites for hydroxylation is 1. The third-order valence-corrected chi connectivity index (χ3v) is 4.52. The quantitative estimate of drug-likeness (QED) is 0.777. The van der Waals surface area contributed by atoms with E-state index in [-0.39, 0.29) is 11.9 Å². The number of hydrogen-bond donors (Lipinski definition) is 1. The lowest BCUT2D eigenvalue weighted by atomic mass is 10.0. The van der Waals surface area contributed by atoms with Crippen LogP contribution in [0.2, 0.25) is 0 Å². The molecule has 108 valence electrons. The summed E-state index contributed by atoms with van der Waals surface area (Å²) in [5.41, 5.74) is 2.45. The molecule has 1 aromatic carbocycles. The normalized spacial score (nSPS) is 12.6. The second kappa shape index (κ2) is 7.55. The van der Waals surface area contributed by atoms with Crippen LogP contribution in [0.5, 0.6) is 0 Å². The van der Waals surface area contributed by atoms with E-state index in [2.05, 4.69) is 30.6 Å². The van der Waals surface area contributed by atoms with Gasteiger partial charge in [-0.25, -0.2) is 4.39 Å². The van der Waals surface area contributed by atoms with Crippen LogP contribution in [0.1, 0.15) is 42.3 Å². The maximum Gasteiger partial charge on any atom is 0.123 e. The van der Waals surface area contributed by atoms with Gasteiger partial charge < -0.3 is 5.32 Å². The highest BCUT2D eigenvalue weighted by Crippen LogP contribution is 2.28. The first kappa shape index (κ1) is 15.2. The molecule has 0 radical (unpaired) electrons. The molecule has 1 aromatic heterocycles. The van der Waals surface area contributed by atoms with Crippen LogP contribution in [0.15, 0.2) is 35.7 Å². The minimum Gasteiger partial charge on any atom is -0.309 e. The van der Waals surface area contributed by atoms with Crippen LogP contribution < -0.4 is 5.32 Å². The summed E-state index contributed by atoms with van der Waals surface area (Å²) >= 11 is 1.80. The molecule has 3 heteroatoms. The second-order valence-electron chi connectivity index (χ2n) is 5.00. The van der Waals surface area contributed by atoms with Crippen LogP contribution in [-0.2, 0) is 12.8 Å². The molecule has 1 unspecified atom stereocenters. The average Bonchev–Trinajstić information content (AvgIpc) is 2.92. The number of hydrogen-bond acceptors (Lipinski definition) is 2. The molecule has 20 heavy (non-hydrogen) atoms. The Morgan fingerprint density at radius 2 is 2.10 bits per heavy atom. The molecule has 0 fully saturated rings. The molecule has 0 amide bonds. The molecule has 0 bridgehead atoms. The van der Waals surface area contributed by atoms with E-state index in [1.54, 1.807) is 23.5 Å². The molecule has 0 aliphatic heterocycles. The Morgan fingerprint density at radius 1 is 1.25 bits per heavy atom. The predicted molar refractivity (Wildman–Crippen MR) is 84.8 cm³/mol. The maximum absolute atomic E-state index is 13.3. The summed E-state index contributed by atoms with van der Waals surface area (Å²) in [7, 11) is 0. The summed E-state index contributed by atoms with van der Waals surface area (Å²) in [5, 5.41) is 5.76. The fourth-order valence-electron chi connectivity index (χ4n) is 2.42. The van der Waals surface area contributed by atoms with Gasteiger partial charge in [0.1, 0.15) is 5.82 Å². The predicted octanol–water partition coefficient (Wildman–Crippen LogP) is 4.73. The molecule has 2 rings (SSSR count). The summed E-state index contributed by atoms with van der Waals surface area (Å²) in [5.74, 6) is -0.154. The number of nitrogens with one attached hydrogen (secondary N) is 1. The summed E-state index contributed by atoms with van der Waals surface area (Å²) < 4.78 is 13.3. The van der Waals surface area contributed by atoms with Crippen molar-refractivity contribution in [2.24, 2.45) is 0 Å². The summed E-state index contributed by atoms with van der Waals surface area (Å²) in [4.78, 5) is 1.39. The highest BCUT2D eigenvalue weighted by molar-refractivity contribution is 7.10. The van der Waals surface area contributed by atoms with Crippen LogP contribution in [0.3, 0.4) is 0 Å². The van der Waals surface area contributed by atoms with Crippen molar-refractivity contribution in [3.63, 3.8) is 0 Å². The first-order valence-electron chi connectivity index (χ1n) is 7.28. The van der Waals surface area contributed by atoms with Crippen molar-refractivity contribution in [3.8, 4) is 0 Å². The molecular formula is C17H22FNS. The van der Waals surface area contributed by atoms with Crippen LogP contribution in [0.4, 0.5) is 4.39 Å². The molecule has 0 spiro atoms. The Bertz CT molecular complexity index is 535. The van der Waals surface area contributed by atoms with Crippen molar-refractivity contribution < 1.29 is 4.39 Å². The van der Waals surface area contributed by atoms with Gasteiger partial charge >= 0.3 is 0 Å². The van der Waals surface area contributed by atoms with E-state index in [0.29, 0.717) is 0 Å². The Hall–Kier alpha value is -1.19. The van der Waals surface area contributed by atoms with E-state index in [9.17, 15) is 4.39 Å². The van der Waals surface area contributed by atoms with Gasteiger partial charge in [-0.1, -0.05) is 26.0 Å². The monoisotopic (exact) mass is 291 g/mol. The Morgan fingerprint density at radius 3 is 2.80 bits per heavy atom. The fraction of sp³-hybridized carbons (Fsp3) is 0.412. The van der Waals surface area contributed by atoms with E-state index in [1.165, 1.54) is 16.5 Å². The Labute approximate surface area is 124 Å². The van der Waals surface area contributed by atoms with Gasteiger partial charge in [0.25, 0.3) is 0 Å². The van der Waals surface area contributed by atoms with E-state index in [1.807, 2.05) is 6.07 Å². The molecule has 0 aliphatic carbocycles. The first-order valence-corrected chi connectivity index (χ1v) is 8.16. The smallest absolute Gasteiger partial charge is 0.123 e. The van der Waals surface area contributed by atoms with Gasteiger partial charge in [-0.05, 0) is 60.5 Å². The molecule has 0 saturated carbocycles. The van der Waals surface area contributed by atoms with Crippen LogP contribution >= 0.6 is 11.3 Å². The van der Waals surface area contributed by atoms with Crippen LogP contribution in [-0.4, -0.2) is 6.54 Å². The standard InChI is InChI=1S/C17H22FNS/c1-3-9-19-16(17-14(4-2)8-10-20-17)12-13-6-5-7-15(18)11-13/h5-8,10-11,16,19H,3-4,9,12H2,1-2H3. The minimum absolute atomic E-state index is 0.154. The van der Waals surface area contributed by atoms with Crippen molar-refractivity contribution in [2.75, 3.05) is 6.54 Å². The van der Waals surface area contributed by atoms with Crippen LogP contribution in [0, 0.1) is 5.82 Å². The van der Waals surface area contributed by atoms with E-state index in [4.69, 9.17) is 0 Å².